The van der Waals surface area contributed by atoms with Crippen LogP contribution in [0.2, 0.25) is 0 Å². The van der Waals surface area contributed by atoms with Gasteiger partial charge in [-0.2, -0.15) is 0 Å². The van der Waals surface area contributed by atoms with Crippen LogP contribution in [0.15, 0.2) is 18.2 Å². The van der Waals surface area contributed by atoms with E-state index in [-0.39, 0.29) is 37.7 Å². The Morgan fingerprint density at radius 3 is 2.74 bits per heavy atom. The van der Waals surface area contributed by atoms with Crippen LogP contribution in [0.4, 0.5) is 8.78 Å². The zero-order chi connectivity index (χ0) is 19.6. The Bertz CT molecular complexity index is 769. The molecule has 7 nitrogen and oxygen atoms in total. The number of amides is 3. The molecule has 2 heterocycles. The predicted molar refractivity (Wildman–Crippen MR) is 93.1 cm³/mol. The van der Waals surface area contributed by atoms with Gasteiger partial charge >= 0.3 is 0 Å². The third-order valence-electron chi connectivity index (χ3n) is 4.77. The molecule has 3 rings (SSSR count). The van der Waals surface area contributed by atoms with Crippen molar-refractivity contribution in [3.63, 3.8) is 0 Å². The molecule has 0 spiro atoms. The van der Waals surface area contributed by atoms with E-state index < -0.39 is 31.0 Å². The summed E-state index contributed by atoms with van der Waals surface area (Å²) in [6.45, 7) is -0.556. The number of hydrogen-bond donors (Lipinski definition) is 3. The van der Waals surface area contributed by atoms with Crippen molar-refractivity contribution < 1.29 is 23.2 Å². The highest BCUT2D eigenvalue weighted by molar-refractivity contribution is 6.05. The van der Waals surface area contributed by atoms with Gasteiger partial charge in [-0.25, -0.2) is 8.78 Å². The molecule has 3 N–H and O–H groups in total. The number of fused-ring (bicyclic) bond motifs is 1. The van der Waals surface area contributed by atoms with E-state index in [4.69, 9.17) is 0 Å². The van der Waals surface area contributed by atoms with Gasteiger partial charge in [-0.3, -0.25) is 19.7 Å². The zero-order valence-electron chi connectivity index (χ0n) is 15.0. The Balaban J connectivity index is 1.71. The molecule has 0 aliphatic carbocycles. The number of carbonyl (C=O) groups excluding carboxylic acids is 3. The van der Waals surface area contributed by atoms with Crippen LogP contribution in [0.1, 0.15) is 34.3 Å². The van der Waals surface area contributed by atoms with Crippen LogP contribution in [0, 0.1) is 0 Å². The number of nitrogens with one attached hydrogen (secondary N) is 3. The summed E-state index contributed by atoms with van der Waals surface area (Å²) in [5, 5.41) is 7.40. The van der Waals surface area contributed by atoms with Gasteiger partial charge in [-0.15, -0.1) is 0 Å². The topological polar surface area (TPSA) is 90.5 Å². The molecular weight excluding hydrogens is 358 g/mol. The quantitative estimate of drug-likeness (QED) is 0.596. The first-order valence-electron chi connectivity index (χ1n) is 8.81. The molecule has 0 aromatic heterocycles. The van der Waals surface area contributed by atoms with E-state index >= 15 is 0 Å². The number of nitrogens with zero attached hydrogens (tertiary/aromatic N) is 1. The minimum atomic E-state index is -2.89. The lowest BCUT2D eigenvalue weighted by atomic mass is 10.0. The smallest absolute Gasteiger partial charge is 0.272 e. The van der Waals surface area contributed by atoms with Crippen molar-refractivity contribution >= 4 is 17.7 Å². The standard InChI is InChI=1S/C18H22F2N4O3/c1-21-9-18(19,20)10-22-7-11-3-2-4-12-8-24(17(27)15(11)12)13-5-6-14(25)23-16(13)26/h2-4,13,21-22H,5-10H2,1H3,(H,23,25,26). The first-order valence-corrected chi connectivity index (χ1v) is 8.81. The van der Waals surface area contributed by atoms with Gasteiger partial charge in [-0.05, 0) is 24.6 Å². The molecule has 0 saturated carbocycles. The summed E-state index contributed by atoms with van der Waals surface area (Å²) in [4.78, 5) is 37.7. The van der Waals surface area contributed by atoms with Crippen molar-refractivity contribution in [1.82, 2.24) is 20.9 Å². The largest absolute Gasteiger partial charge is 0.322 e. The summed E-state index contributed by atoms with van der Waals surface area (Å²) in [6.07, 6.45) is 0.472. The summed E-state index contributed by atoms with van der Waals surface area (Å²) in [5.74, 6) is -4.01. The molecular formula is C18H22F2N4O3. The molecule has 9 heteroatoms. The van der Waals surface area contributed by atoms with Gasteiger partial charge in [0.1, 0.15) is 6.04 Å². The number of halogens is 2. The van der Waals surface area contributed by atoms with Crippen LogP contribution in [0.25, 0.3) is 0 Å². The van der Waals surface area contributed by atoms with E-state index in [2.05, 4.69) is 16.0 Å². The average molecular weight is 380 g/mol. The van der Waals surface area contributed by atoms with Crippen LogP contribution >= 0.6 is 0 Å². The maximum atomic E-state index is 13.6. The maximum Gasteiger partial charge on any atom is 0.272 e. The second-order valence-electron chi connectivity index (χ2n) is 6.84. The Hall–Kier alpha value is -2.39. The number of imide groups is 1. The fourth-order valence-electron chi connectivity index (χ4n) is 3.54. The molecule has 2 aliphatic heterocycles. The number of hydrogen-bond acceptors (Lipinski definition) is 5. The highest BCUT2D eigenvalue weighted by atomic mass is 19.3. The summed E-state index contributed by atoms with van der Waals surface area (Å²) in [7, 11) is 1.46. The minimum Gasteiger partial charge on any atom is -0.322 e. The molecule has 0 bridgehead atoms. The molecule has 146 valence electrons. The molecule has 1 unspecified atom stereocenters. The number of rotatable bonds is 7. The van der Waals surface area contributed by atoms with Crippen LogP contribution in [-0.4, -0.2) is 54.7 Å². The average Bonchev–Trinajstić information content (AvgIpc) is 2.92. The lowest BCUT2D eigenvalue weighted by Crippen LogP contribution is -2.52. The summed E-state index contributed by atoms with van der Waals surface area (Å²) in [6, 6.07) is 4.58. The molecule has 1 fully saturated rings. The lowest BCUT2D eigenvalue weighted by Gasteiger charge is -2.29. The van der Waals surface area contributed by atoms with Crippen molar-refractivity contribution in [3.05, 3.63) is 34.9 Å². The number of benzene rings is 1. The van der Waals surface area contributed by atoms with Crippen LogP contribution in [-0.2, 0) is 22.7 Å². The maximum absolute atomic E-state index is 13.6. The molecule has 1 atom stereocenters. The van der Waals surface area contributed by atoms with Gasteiger partial charge in [0.25, 0.3) is 11.8 Å². The van der Waals surface area contributed by atoms with Gasteiger partial charge in [-0.1, -0.05) is 18.2 Å². The van der Waals surface area contributed by atoms with Crippen molar-refractivity contribution in [2.75, 3.05) is 20.1 Å². The number of carbonyl (C=O) groups is 3. The van der Waals surface area contributed by atoms with Crippen molar-refractivity contribution in [2.24, 2.45) is 0 Å². The highest BCUT2D eigenvalue weighted by Gasteiger charge is 2.40. The normalized spacial score (nSPS) is 20.0. The minimum absolute atomic E-state index is 0.122. The van der Waals surface area contributed by atoms with Crippen LogP contribution in [0.5, 0.6) is 0 Å². The van der Waals surface area contributed by atoms with E-state index in [1.165, 1.54) is 11.9 Å². The second kappa shape index (κ2) is 7.69. The van der Waals surface area contributed by atoms with Gasteiger partial charge in [0.05, 0.1) is 13.1 Å². The molecule has 3 amide bonds. The van der Waals surface area contributed by atoms with Gasteiger partial charge in [0.15, 0.2) is 0 Å². The van der Waals surface area contributed by atoms with Crippen molar-refractivity contribution in [3.8, 4) is 0 Å². The number of piperidine rings is 1. The highest BCUT2D eigenvalue weighted by Crippen LogP contribution is 2.29. The molecule has 1 aromatic carbocycles. The Kier molecular flexibility index (Phi) is 5.52. The van der Waals surface area contributed by atoms with Gasteiger partial charge in [0.2, 0.25) is 11.8 Å². The molecule has 0 radical (unpaired) electrons. The predicted octanol–water partition coefficient (Wildman–Crippen LogP) is 0.392. The van der Waals surface area contributed by atoms with E-state index in [0.29, 0.717) is 11.1 Å². The van der Waals surface area contributed by atoms with E-state index in [9.17, 15) is 23.2 Å². The fraction of sp³-hybridized carbons (Fsp3) is 0.500. The monoisotopic (exact) mass is 380 g/mol. The summed E-state index contributed by atoms with van der Waals surface area (Å²) >= 11 is 0. The SMILES string of the molecule is CNCC(F)(F)CNCc1cccc2c1C(=O)N(C1CCC(=O)NC1=O)C2. The Morgan fingerprint density at radius 2 is 2.04 bits per heavy atom. The molecule has 27 heavy (non-hydrogen) atoms. The number of alkyl halides is 2. The Labute approximate surface area is 155 Å². The summed E-state index contributed by atoms with van der Waals surface area (Å²) < 4.78 is 27.2. The first kappa shape index (κ1) is 19.4. The lowest BCUT2D eigenvalue weighted by molar-refractivity contribution is -0.136. The summed E-state index contributed by atoms with van der Waals surface area (Å²) in [5.41, 5.74) is 1.82. The van der Waals surface area contributed by atoms with Gasteiger partial charge in [0, 0.05) is 25.1 Å². The first-order chi connectivity index (χ1) is 12.8. The van der Waals surface area contributed by atoms with Crippen molar-refractivity contribution in [1.29, 1.82) is 0 Å². The fourth-order valence-corrected chi connectivity index (χ4v) is 3.54. The van der Waals surface area contributed by atoms with Crippen molar-refractivity contribution in [2.45, 2.75) is 37.9 Å². The third kappa shape index (κ3) is 4.14. The van der Waals surface area contributed by atoms with Gasteiger partial charge < -0.3 is 15.5 Å². The molecule has 1 aromatic rings. The van der Waals surface area contributed by atoms with Crippen LogP contribution in [0.3, 0.4) is 0 Å². The Morgan fingerprint density at radius 1 is 1.26 bits per heavy atom. The van der Waals surface area contributed by atoms with Crippen LogP contribution < -0.4 is 16.0 Å². The molecule has 1 saturated heterocycles. The third-order valence-corrected chi connectivity index (χ3v) is 4.77. The zero-order valence-corrected chi connectivity index (χ0v) is 15.0. The second-order valence-corrected chi connectivity index (χ2v) is 6.84. The molecule has 2 aliphatic rings. The van der Waals surface area contributed by atoms with E-state index in [1.807, 2.05) is 0 Å². The van der Waals surface area contributed by atoms with E-state index in [1.54, 1.807) is 18.2 Å². The van der Waals surface area contributed by atoms with E-state index in [0.717, 1.165) is 5.56 Å².